The summed E-state index contributed by atoms with van der Waals surface area (Å²) in [7, 11) is 1.68. The predicted octanol–water partition coefficient (Wildman–Crippen LogP) is 1.94. The lowest BCUT2D eigenvalue weighted by atomic mass is 9.83. The summed E-state index contributed by atoms with van der Waals surface area (Å²) in [5.41, 5.74) is 1.08. The van der Waals surface area contributed by atoms with E-state index in [4.69, 9.17) is 9.47 Å². The standard InChI is InChI=1S/C21H31N3O4/c1-16-18(4-3-10-22-16)20(26)24-11-7-21(8-12-24,9-15-27-2)23-19(25)17-5-13-28-14-6-17/h3-4,10,17H,5-9,11-15H2,1-2H3,(H,23,25). The number of nitrogens with zero attached hydrogens (tertiary/aromatic N) is 2. The zero-order valence-electron chi connectivity index (χ0n) is 16.9. The number of carbonyl (C=O) groups excluding carboxylic acids is 2. The number of hydrogen-bond acceptors (Lipinski definition) is 5. The molecular formula is C21H31N3O4. The van der Waals surface area contributed by atoms with Gasteiger partial charge in [-0.25, -0.2) is 0 Å². The highest BCUT2D eigenvalue weighted by atomic mass is 16.5. The lowest BCUT2D eigenvalue weighted by molar-refractivity contribution is -0.130. The number of methoxy groups -OCH3 is 1. The minimum atomic E-state index is -0.313. The van der Waals surface area contributed by atoms with Crippen molar-refractivity contribution in [1.29, 1.82) is 0 Å². The van der Waals surface area contributed by atoms with Gasteiger partial charge in [-0.15, -0.1) is 0 Å². The second-order valence-electron chi connectivity index (χ2n) is 7.83. The van der Waals surface area contributed by atoms with Crippen molar-refractivity contribution in [3.63, 3.8) is 0 Å². The molecule has 0 unspecified atom stereocenters. The van der Waals surface area contributed by atoms with Gasteiger partial charge >= 0.3 is 0 Å². The summed E-state index contributed by atoms with van der Waals surface area (Å²) in [5.74, 6) is 0.148. The number of carbonyl (C=O) groups is 2. The van der Waals surface area contributed by atoms with E-state index in [0.717, 1.165) is 37.8 Å². The van der Waals surface area contributed by atoms with Gasteiger partial charge in [0.1, 0.15) is 0 Å². The van der Waals surface area contributed by atoms with E-state index in [1.807, 2.05) is 17.9 Å². The van der Waals surface area contributed by atoms with Crippen molar-refractivity contribution < 1.29 is 19.1 Å². The Hall–Kier alpha value is -1.99. The molecule has 7 nitrogen and oxygen atoms in total. The molecule has 3 rings (SSSR count). The SMILES string of the molecule is COCCC1(NC(=O)C2CCOCC2)CCN(C(=O)c2cccnc2C)CC1. The van der Waals surface area contributed by atoms with Crippen LogP contribution in [0, 0.1) is 12.8 Å². The topological polar surface area (TPSA) is 80.8 Å². The molecule has 0 atom stereocenters. The number of aromatic nitrogens is 1. The van der Waals surface area contributed by atoms with Gasteiger partial charge < -0.3 is 19.7 Å². The summed E-state index contributed by atoms with van der Waals surface area (Å²) < 4.78 is 10.7. The molecule has 2 saturated heterocycles. The van der Waals surface area contributed by atoms with E-state index in [0.29, 0.717) is 38.5 Å². The highest BCUT2D eigenvalue weighted by Crippen LogP contribution is 2.28. The summed E-state index contributed by atoms with van der Waals surface area (Å²) in [5, 5.41) is 3.32. The number of aryl methyl sites for hydroxylation is 1. The van der Waals surface area contributed by atoms with E-state index < -0.39 is 0 Å². The maximum atomic E-state index is 12.9. The fourth-order valence-corrected chi connectivity index (χ4v) is 4.08. The largest absolute Gasteiger partial charge is 0.385 e. The van der Waals surface area contributed by atoms with Gasteiger partial charge in [-0.1, -0.05) is 0 Å². The highest BCUT2D eigenvalue weighted by Gasteiger charge is 2.38. The molecule has 2 aliphatic rings. The van der Waals surface area contributed by atoms with E-state index in [1.54, 1.807) is 19.4 Å². The molecular weight excluding hydrogens is 358 g/mol. The number of ether oxygens (including phenoxy) is 2. The van der Waals surface area contributed by atoms with Crippen LogP contribution in [0.5, 0.6) is 0 Å². The van der Waals surface area contributed by atoms with Gasteiger partial charge in [-0.05, 0) is 51.2 Å². The Kier molecular flexibility index (Phi) is 7.02. The first-order chi connectivity index (χ1) is 13.5. The molecule has 0 saturated carbocycles. The number of piperidine rings is 1. The number of hydrogen-bond donors (Lipinski definition) is 1. The predicted molar refractivity (Wildman–Crippen MR) is 105 cm³/mol. The van der Waals surface area contributed by atoms with Crippen molar-refractivity contribution in [3.8, 4) is 0 Å². The Morgan fingerprint density at radius 2 is 2.04 bits per heavy atom. The van der Waals surface area contributed by atoms with Crippen LogP contribution in [0.1, 0.15) is 48.2 Å². The molecule has 28 heavy (non-hydrogen) atoms. The van der Waals surface area contributed by atoms with Crippen LogP contribution in [0.3, 0.4) is 0 Å². The van der Waals surface area contributed by atoms with Crippen molar-refractivity contribution in [2.75, 3.05) is 40.0 Å². The van der Waals surface area contributed by atoms with Gasteiger partial charge in [0.2, 0.25) is 5.91 Å². The summed E-state index contributed by atoms with van der Waals surface area (Å²) in [6.45, 7) is 4.97. The molecule has 7 heteroatoms. The number of rotatable bonds is 6. The van der Waals surface area contributed by atoms with Gasteiger partial charge in [-0.3, -0.25) is 14.6 Å². The molecule has 2 fully saturated rings. The second-order valence-corrected chi connectivity index (χ2v) is 7.83. The monoisotopic (exact) mass is 389 g/mol. The normalized spacial score (nSPS) is 20.0. The molecule has 2 amide bonds. The minimum Gasteiger partial charge on any atom is -0.385 e. The Bertz CT molecular complexity index is 680. The first kappa shape index (κ1) is 20.7. The third-order valence-corrected chi connectivity index (χ3v) is 6.01. The van der Waals surface area contributed by atoms with E-state index in [-0.39, 0.29) is 23.3 Å². The molecule has 0 aromatic carbocycles. The maximum absolute atomic E-state index is 12.9. The maximum Gasteiger partial charge on any atom is 0.255 e. The van der Waals surface area contributed by atoms with Crippen molar-refractivity contribution in [2.45, 2.75) is 44.6 Å². The lowest BCUT2D eigenvalue weighted by Crippen LogP contribution is -2.58. The smallest absolute Gasteiger partial charge is 0.255 e. The van der Waals surface area contributed by atoms with Crippen molar-refractivity contribution >= 4 is 11.8 Å². The fourth-order valence-electron chi connectivity index (χ4n) is 4.08. The van der Waals surface area contributed by atoms with Crippen molar-refractivity contribution in [3.05, 3.63) is 29.6 Å². The van der Waals surface area contributed by atoms with Gasteiger partial charge in [-0.2, -0.15) is 0 Å². The molecule has 0 aliphatic carbocycles. The quantitative estimate of drug-likeness (QED) is 0.804. The molecule has 2 aliphatic heterocycles. The summed E-state index contributed by atoms with van der Waals surface area (Å²) in [6, 6.07) is 3.62. The first-order valence-electron chi connectivity index (χ1n) is 10.1. The van der Waals surface area contributed by atoms with Crippen molar-refractivity contribution in [2.24, 2.45) is 5.92 Å². The zero-order chi connectivity index (χ0) is 20.0. The molecule has 1 aromatic rings. The van der Waals surface area contributed by atoms with E-state index in [9.17, 15) is 9.59 Å². The highest BCUT2D eigenvalue weighted by molar-refractivity contribution is 5.95. The number of likely N-dealkylation sites (tertiary alicyclic amines) is 1. The summed E-state index contributed by atoms with van der Waals surface area (Å²) >= 11 is 0. The van der Waals surface area contributed by atoms with Crippen molar-refractivity contribution in [1.82, 2.24) is 15.2 Å². The van der Waals surface area contributed by atoms with Gasteiger partial charge in [0, 0.05) is 63.4 Å². The third-order valence-electron chi connectivity index (χ3n) is 6.01. The molecule has 1 aromatic heterocycles. The van der Waals surface area contributed by atoms with Crippen LogP contribution in [0.4, 0.5) is 0 Å². The van der Waals surface area contributed by atoms with Crippen LogP contribution < -0.4 is 5.32 Å². The Balaban J connectivity index is 1.64. The average molecular weight is 389 g/mol. The molecule has 154 valence electrons. The molecule has 0 bridgehead atoms. The summed E-state index contributed by atoms with van der Waals surface area (Å²) in [4.78, 5) is 31.8. The number of amides is 2. The van der Waals surface area contributed by atoms with Crippen LogP contribution in [-0.2, 0) is 14.3 Å². The third kappa shape index (κ3) is 4.89. The Labute approximate surface area is 166 Å². The average Bonchev–Trinajstić information content (AvgIpc) is 2.73. The molecule has 0 spiro atoms. The van der Waals surface area contributed by atoms with Crippen LogP contribution >= 0.6 is 0 Å². The molecule has 1 N–H and O–H groups in total. The summed E-state index contributed by atoms with van der Waals surface area (Å²) in [6.07, 6.45) is 5.47. The van der Waals surface area contributed by atoms with Crippen LogP contribution in [0.2, 0.25) is 0 Å². The minimum absolute atomic E-state index is 0.0155. The van der Waals surface area contributed by atoms with Gasteiger partial charge in [0.05, 0.1) is 5.56 Å². The fraction of sp³-hybridized carbons (Fsp3) is 0.667. The van der Waals surface area contributed by atoms with Gasteiger partial charge in [0.15, 0.2) is 0 Å². The van der Waals surface area contributed by atoms with E-state index in [1.165, 1.54) is 0 Å². The van der Waals surface area contributed by atoms with Crippen LogP contribution in [0.15, 0.2) is 18.3 Å². The molecule has 3 heterocycles. The Morgan fingerprint density at radius 1 is 1.32 bits per heavy atom. The number of pyridine rings is 1. The molecule has 0 radical (unpaired) electrons. The number of nitrogens with one attached hydrogen (secondary N) is 1. The zero-order valence-corrected chi connectivity index (χ0v) is 16.9. The van der Waals surface area contributed by atoms with E-state index >= 15 is 0 Å². The lowest BCUT2D eigenvalue weighted by Gasteiger charge is -2.43. The van der Waals surface area contributed by atoms with E-state index in [2.05, 4.69) is 10.3 Å². The Morgan fingerprint density at radius 3 is 2.68 bits per heavy atom. The van der Waals surface area contributed by atoms with Crippen LogP contribution in [0.25, 0.3) is 0 Å². The van der Waals surface area contributed by atoms with Crippen LogP contribution in [-0.4, -0.2) is 67.3 Å². The van der Waals surface area contributed by atoms with Gasteiger partial charge in [0.25, 0.3) is 5.91 Å². The first-order valence-corrected chi connectivity index (χ1v) is 10.1. The second kappa shape index (κ2) is 9.47.